The van der Waals surface area contributed by atoms with Gasteiger partial charge < -0.3 is 4.79 Å². The number of rotatable bonds is 5. The van der Waals surface area contributed by atoms with Crippen LogP contribution in [0.5, 0.6) is 0 Å². The van der Waals surface area contributed by atoms with Gasteiger partial charge in [0.1, 0.15) is 6.29 Å². The van der Waals surface area contributed by atoms with Crippen LogP contribution >= 0.6 is 0 Å². The Bertz CT molecular complexity index is 805. The summed E-state index contributed by atoms with van der Waals surface area (Å²) in [5.74, 6) is -0.682. The molecule has 0 aliphatic heterocycles. The van der Waals surface area contributed by atoms with Crippen molar-refractivity contribution in [3.8, 4) is 0 Å². The standard InChI is InChI=1S/C19H20O3S/c1-3-14-6-8-15(9-7-14)18-17(12-20)19(18)23(21,22)16-10-4-13(2)5-11-16/h4-12,17-19H,3H2,1-2H3/t17-,18+,19-/m0/s1. The first kappa shape index (κ1) is 15.9. The van der Waals surface area contributed by atoms with Crippen LogP contribution in [-0.4, -0.2) is 20.0 Å². The Morgan fingerprint density at radius 3 is 2.13 bits per heavy atom. The molecule has 120 valence electrons. The minimum absolute atomic E-state index is 0.232. The van der Waals surface area contributed by atoms with Gasteiger partial charge in [0.15, 0.2) is 9.84 Å². The van der Waals surface area contributed by atoms with Gasteiger partial charge in [0.2, 0.25) is 0 Å². The molecule has 2 aromatic rings. The second-order valence-electron chi connectivity index (χ2n) is 6.16. The number of benzene rings is 2. The molecule has 0 amide bonds. The van der Waals surface area contributed by atoms with E-state index in [2.05, 4.69) is 6.92 Å². The van der Waals surface area contributed by atoms with Gasteiger partial charge in [-0.3, -0.25) is 0 Å². The highest BCUT2D eigenvalue weighted by atomic mass is 32.2. The number of carbonyl (C=O) groups is 1. The molecule has 2 aromatic carbocycles. The van der Waals surface area contributed by atoms with Crippen molar-refractivity contribution < 1.29 is 13.2 Å². The van der Waals surface area contributed by atoms with Crippen LogP contribution < -0.4 is 0 Å². The highest BCUT2D eigenvalue weighted by Crippen LogP contribution is 2.52. The van der Waals surface area contributed by atoms with Crippen LogP contribution in [0.3, 0.4) is 0 Å². The van der Waals surface area contributed by atoms with Crippen LogP contribution in [0.2, 0.25) is 0 Å². The van der Waals surface area contributed by atoms with E-state index in [-0.39, 0.29) is 5.92 Å². The summed E-state index contributed by atoms with van der Waals surface area (Å²) in [7, 11) is -3.49. The predicted octanol–water partition coefficient (Wildman–Crippen LogP) is 3.31. The zero-order valence-corrected chi connectivity index (χ0v) is 14.1. The Morgan fingerprint density at radius 1 is 1.00 bits per heavy atom. The van der Waals surface area contributed by atoms with Gasteiger partial charge in [0, 0.05) is 11.8 Å². The van der Waals surface area contributed by atoms with Crippen molar-refractivity contribution in [2.24, 2.45) is 5.92 Å². The van der Waals surface area contributed by atoms with Gasteiger partial charge in [-0.25, -0.2) is 8.42 Å². The molecule has 1 aliphatic carbocycles. The number of carbonyl (C=O) groups excluding carboxylic acids is 1. The van der Waals surface area contributed by atoms with Gasteiger partial charge in [-0.15, -0.1) is 0 Å². The predicted molar refractivity (Wildman–Crippen MR) is 90.3 cm³/mol. The monoisotopic (exact) mass is 328 g/mol. The first-order valence-electron chi connectivity index (χ1n) is 7.83. The molecule has 0 aromatic heterocycles. The minimum atomic E-state index is -3.49. The number of hydrogen-bond acceptors (Lipinski definition) is 3. The fourth-order valence-electron chi connectivity index (χ4n) is 3.14. The van der Waals surface area contributed by atoms with Crippen molar-refractivity contribution in [1.29, 1.82) is 0 Å². The lowest BCUT2D eigenvalue weighted by molar-refractivity contribution is -0.108. The molecular weight excluding hydrogens is 308 g/mol. The lowest BCUT2D eigenvalue weighted by Crippen LogP contribution is -2.11. The molecule has 23 heavy (non-hydrogen) atoms. The van der Waals surface area contributed by atoms with Crippen molar-refractivity contribution in [3.05, 3.63) is 65.2 Å². The molecule has 1 saturated carbocycles. The van der Waals surface area contributed by atoms with Gasteiger partial charge in [-0.1, -0.05) is 48.9 Å². The number of aryl methyl sites for hydroxylation is 2. The van der Waals surface area contributed by atoms with E-state index in [1.54, 1.807) is 24.3 Å². The van der Waals surface area contributed by atoms with Gasteiger partial charge in [-0.05, 0) is 36.6 Å². The van der Waals surface area contributed by atoms with Crippen molar-refractivity contribution in [2.45, 2.75) is 36.3 Å². The minimum Gasteiger partial charge on any atom is -0.303 e. The number of aldehydes is 1. The summed E-state index contributed by atoms with van der Waals surface area (Å²) in [5, 5.41) is -0.643. The van der Waals surface area contributed by atoms with Gasteiger partial charge in [0.05, 0.1) is 10.1 Å². The Labute approximate surface area is 137 Å². The van der Waals surface area contributed by atoms with Crippen LogP contribution in [0.4, 0.5) is 0 Å². The zero-order valence-electron chi connectivity index (χ0n) is 13.3. The van der Waals surface area contributed by atoms with Crippen LogP contribution in [0, 0.1) is 12.8 Å². The maximum absolute atomic E-state index is 12.8. The molecule has 1 fully saturated rings. The summed E-state index contributed by atoms with van der Waals surface area (Å²) in [4.78, 5) is 11.7. The van der Waals surface area contributed by atoms with E-state index in [1.165, 1.54) is 5.56 Å². The summed E-state index contributed by atoms with van der Waals surface area (Å²) < 4.78 is 25.6. The third-order valence-electron chi connectivity index (χ3n) is 4.64. The second kappa shape index (κ2) is 5.93. The molecule has 0 radical (unpaired) electrons. The fraction of sp³-hybridized carbons (Fsp3) is 0.316. The zero-order chi connectivity index (χ0) is 16.6. The average molecular weight is 328 g/mol. The molecule has 1 aliphatic rings. The molecule has 0 N–H and O–H groups in total. The molecule has 3 rings (SSSR count). The van der Waals surface area contributed by atoms with E-state index in [9.17, 15) is 13.2 Å². The Kier molecular flexibility index (Phi) is 4.11. The smallest absolute Gasteiger partial charge is 0.182 e. The molecule has 3 atom stereocenters. The van der Waals surface area contributed by atoms with E-state index in [4.69, 9.17) is 0 Å². The van der Waals surface area contributed by atoms with E-state index < -0.39 is 21.0 Å². The summed E-state index contributed by atoms with van der Waals surface area (Å²) in [6.45, 7) is 3.99. The number of sulfone groups is 1. The highest BCUT2D eigenvalue weighted by molar-refractivity contribution is 7.92. The van der Waals surface area contributed by atoms with Crippen LogP contribution in [0.1, 0.15) is 29.5 Å². The highest BCUT2D eigenvalue weighted by Gasteiger charge is 2.58. The Morgan fingerprint density at radius 2 is 1.61 bits per heavy atom. The molecule has 0 saturated heterocycles. The summed E-state index contributed by atoms with van der Waals surface area (Å²) in [6.07, 6.45) is 1.72. The first-order valence-corrected chi connectivity index (χ1v) is 9.38. The first-order chi connectivity index (χ1) is 11.0. The Balaban J connectivity index is 1.92. The van der Waals surface area contributed by atoms with E-state index >= 15 is 0 Å². The van der Waals surface area contributed by atoms with Crippen LogP contribution in [0.15, 0.2) is 53.4 Å². The molecule has 0 unspecified atom stereocenters. The maximum atomic E-state index is 12.8. The van der Waals surface area contributed by atoms with E-state index in [0.29, 0.717) is 4.90 Å². The fourth-order valence-corrected chi connectivity index (χ4v) is 5.25. The van der Waals surface area contributed by atoms with Gasteiger partial charge >= 0.3 is 0 Å². The molecule has 0 heterocycles. The summed E-state index contributed by atoms with van der Waals surface area (Å²) in [6, 6.07) is 14.7. The summed E-state index contributed by atoms with van der Waals surface area (Å²) in [5.41, 5.74) is 3.15. The lowest BCUT2D eigenvalue weighted by atomic mass is 10.1. The van der Waals surface area contributed by atoms with Crippen molar-refractivity contribution in [2.75, 3.05) is 0 Å². The molecule has 0 spiro atoms. The summed E-state index contributed by atoms with van der Waals surface area (Å²) >= 11 is 0. The lowest BCUT2D eigenvalue weighted by Gasteiger charge is -2.05. The van der Waals surface area contributed by atoms with Crippen molar-refractivity contribution in [3.63, 3.8) is 0 Å². The van der Waals surface area contributed by atoms with Gasteiger partial charge in [-0.2, -0.15) is 0 Å². The topological polar surface area (TPSA) is 51.2 Å². The molecular formula is C19H20O3S. The largest absolute Gasteiger partial charge is 0.303 e. The van der Waals surface area contributed by atoms with E-state index in [1.807, 2.05) is 31.2 Å². The van der Waals surface area contributed by atoms with Gasteiger partial charge in [0.25, 0.3) is 0 Å². The normalized spacial score (nSPS) is 23.5. The third-order valence-corrected chi connectivity index (χ3v) is 6.90. The van der Waals surface area contributed by atoms with E-state index in [0.717, 1.165) is 23.8 Å². The van der Waals surface area contributed by atoms with Crippen LogP contribution in [0.25, 0.3) is 0 Å². The SMILES string of the molecule is CCc1ccc([C@@H]2[C@H](C=O)[C@@H]2S(=O)(=O)c2ccc(C)cc2)cc1. The van der Waals surface area contributed by atoms with Crippen LogP contribution in [-0.2, 0) is 21.1 Å². The Hall–Kier alpha value is -1.94. The maximum Gasteiger partial charge on any atom is 0.182 e. The molecule has 0 bridgehead atoms. The number of hydrogen-bond donors (Lipinski definition) is 0. The average Bonchev–Trinajstić information content (AvgIpc) is 3.31. The van der Waals surface area contributed by atoms with Crippen molar-refractivity contribution in [1.82, 2.24) is 0 Å². The molecule has 4 heteroatoms. The van der Waals surface area contributed by atoms with Crippen molar-refractivity contribution >= 4 is 16.1 Å². The molecule has 3 nitrogen and oxygen atoms in total. The second-order valence-corrected chi connectivity index (χ2v) is 8.26. The third kappa shape index (κ3) is 2.83. The quantitative estimate of drug-likeness (QED) is 0.791.